The Labute approximate surface area is 182 Å². The van der Waals surface area contributed by atoms with Crippen molar-refractivity contribution in [1.29, 1.82) is 0 Å². The van der Waals surface area contributed by atoms with E-state index in [0.717, 1.165) is 5.56 Å². The molecule has 1 fully saturated rings. The fraction of sp³-hybridized carbons (Fsp3) is 0.200. The van der Waals surface area contributed by atoms with Crippen molar-refractivity contribution in [2.45, 2.75) is 11.7 Å². The molecule has 1 heterocycles. The molecule has 0 bridgehead atoms. The maximum absolute atomic E-state index is 13.3. The standard InChI is InChI=1S/C25H23NO4S/c27-24(20-11-5-2-6-12-20)21-13-7-8-14-22(21)25(28)26-16-15-23(31(29,30)18-17-26)19-9-3-1-4-10-19/h1-14,23H,15-18H2. The van der Waals surface area contributed by atoms with Crippen LogP contribution in [0.2, 0.25) is 0 Å². The van der Waals surface area contributed by atoms with Crippen LogP contribution in [0.25, 0.3) is 0 Å². The molecular weight excluding hydrogens is 410 g/mol. The van der Waals surface area contributed by atoms with E-state index in [9.17, 15) is 18.0 Å². The summed E-state index contributed by atoms with van der Waals surface area (Å²) in [6.45, 7) is 0.420. The number of rotatable bonds is 4. The molecular formula is C25H23NO4S. The Morgan fingerprint density at radius 3 is 2.00 bits per heavy atom. The first kappa shape index (κ1) is 21.0. The fourth-order valence-corrected chi connectivity index (χ4v) is 5.77. The van der Waals surface area contributed by atoms with Crippen LogP contribution in [0.3, 0.4) is 0 Å². The maximum Gasteiger partial charge on any atom is 0.254 e. The van der Waals surface area contributed by atoms with Gasteiger partial charge in [-0.05, 0) is 18.1 Å². The van der Waals surface area contributed by atoms with Gasteiger partial charge in [-0.15, -0.1) is 0 Å². The van der Waals surface area contributed by atoms with E-state index in [1.54, 1.807) is 53.4 Å². The summed E-state index contributed by atoms with van der Waals surface area (Å²) in [5.74, 6) is -0.648. The number of carbonyl (C=O) groups is 2. The lowest BCUT2D eigenvalue weighted by atomic mass is 9.97. The van der Waals surface area contributed by atoms with Gasteiger partial charge in [0.25, 0.3) is 5.91 Å². The molecule has 3 aromatic rings. The summed E-state index contributed by atoms with van der Waals surface area (Å²) in [6.07, 6.45) is 0.326. The second-order valence-corrected chi connectivity index (χ2v) is 9.89. The van der Waals surface area contributed by atoms with Crippen molar-refractivity contribution in [1.82, 2.24) is 4.90 Å². The molecule has 0 radical (unpaired) electrons. The molecule has 1 aliphatic rings. The highest BCUT2D eigenvalue weighted by Crippen LogP contribution is 2.30. The molecule has 1 unspecified atom stereocenters. The van der Waals surface area contributed by atoms with Crippen LogP contribution < -0.4 is 0 Å². The zero-order valence-electron chi connectivity index (χ0n) is 17.0. The van der Waals surface area contributed by atoms with Crippen molar-refractivity contribution in [3.63, 3.8) is 0 Å². The number of sulfone groups is 1. The van der Waals surface area contributed by atoms with Gasteiger partial charge in [0.15, 0.2) is 15.6 Å². The summed E-state index contributed by atoms with van der Waals surface area (Å²) >= 11 is 0. The molecule has 158 valence electrons. The van der Waals surface area contributed by atoms with Crippen LogP contribution in [-0.4, -0.2) is 43.9 Å². The quantitative estimate of drug-likeness (QED) is 0.585. The Morgan fingerprint density at radius 2 is 1.32 bits per heavy atom. The van der Waals surface area contributed by atoms with Gasteiger partial charge in [0.2, 0.25) is 0 Å². The molecule has 31 heavy (non-hydrogen) atoms. The minimum atomic E-state index is -3.39. The summed E-state index contributed by atoms with van der Waals surface area (Å²) < 4.78 is 25.7. The Balaban J connectivity index is 1.61. The van der Waals surface area contributed by atoms with Gasteiger partial charge >= 0.3 is 0 Å². The summed E-state index contributed by atoms with van der Waals surface area (Å²) in [5.41, 5.74) is 1.87. The van der Waals surface area contributed by atoms with Crippen molar-refractivity contribution in [2.24, 2.45) is 0 Å². The first-order chi connectivity index (χ1) is 15.0. The molecule has 6 heteroatoms. The lowest BCUT2D eigenvalue weighted by Crippen LogP contribution is -2.34. The molecule has 0 saturated carbocycles. The Morgan fingerprint density at radius 1 is 0.742 bits per heavy atom. The van der Waals surface area contributed by atoms with Gasteiger partial charge in [0.05, 0.1) is 16.6 Å². The third kappa shape index (κ3) is 4.44. The van der Waals surface area contributed by atoms with Gasteiger partial charge < -0.3 is 4.90 Å². The first-order valence-corrected chi connectivity index (χ1v) is 11.9. The molecule has 1 atom stereocenters. The van der Waals surface area contributed by atoms with Gasteiger partial charge in [0, 0.05) is 24.2 Å². The zero-order valence-corrected chi connectivity index (χ0v) is 17.8. The van der Waals surface area contributed by atoms with Gasteiger partial charge in [-0.25, -0.2) is 8.42 Å². The molecule has 3 aromatic carbocycles. The number of hydrogen-bond acceptors (Lipinski definition) is 4. The van der Waals surface area contributed by atoms with Crippen LogP contribution in [0.5, 0.6) is 0 Å². The van der Waals surface area contributed by atoms with Crippen molar-refractivity contribution in [3.8, 4) is 0 Å². The maximum atomic E-state index is 13.3. The minimum Gasteiger partial charge on any atom is -0.338 e. The lowest BCUT2D eigenvalue weighted by molar-refractivity contribution is 0.0762. The first-order valence-electron chi connectivity index (χ1n) is 10.2. The number of benzene rings is 3. The van der Waals surface area contributed by atoms with E-state index >= 15 is 0 Å². The second-order valence-electron chi connectivity index (χ2n) is 7.59. The van der Waals surface area contributed by atoms with Crippen LogP contribution in [0.15, 0.2) is 84.9 Å². The second kappa shape index (κ2) is 8.86. The van der Waals surface area contributed by atoms with E-state index in [2.05, 4.69) is 0 Å². The molecule has 1 aliphatic heterocycles. The topological polar surface area (TPSA) is 71.5 Å². The van der Waals surface area contributed by atoms with Crippen molar-refractivity contribution in [2.75, 3.05) is 18.8 Å². The van der Waals surface area contributed by atoms with Crippen molar-refractivity contribution < 1.29 is 18.0 Å². The normalized spacial score (nSPS) is 18.2. The molecule has 0 aliphatic carbocycles. The number of carbonyl (C=O) groups excluding carboxylic acids is 2. The summed E-state index contributed by atoms with van der Waals surface area (Å²) in [6, 6.07) is 24.7. The number of hydrogen-bond donors (Lipinski definition) is 0. The van der Waals surface area contributed by atoms with Crippen LogP contribution in [-0.2, 0) is 9.84 Å². The van der Waals surface area contributed by atoms with Crippen LogP contribution in [0.4, 0.5) is 0 Å². The fourth-order valence-electron chi connectivity index (χ4n) is 3.97. The molecule has 1 saturated heterocycles. The summed E-state index contributed by atoms with van der Waals surface area (Å²) in [5, 5.41) is -0.632. The van der Waals surface area contributed by atoms with E-state index in [1.807, 2.05) is 36.4 Å². The largest absolute Gasteiger partial charge is 0.338 e. The minimum absolute atomic E-state index is 0.104. The average molecular weight is 434 g/mol. The Hall–Kier alpha value is -3.25. The average Bonchev–Trinajstić information content (AvgIpc) is 2.97. The molecule has 4 rings (SSSR count). The van der Waals surface area contributed by atoms with E-state index in [0.29, 0.717) is 29.7 Å². The molecule has 0 aromatic heterocycles. The van der Waals surface area contributed by atoms with Crippen molar-refractivity contribution >= 4 is 21.5 Å². The Bertz CT molecular complexity index is 1190. The number of nitrogens with zero attached hydrogens (tertiary/aromatic N) is 1. The smallest absolute Gasteiger partial charge is 0.254 e. The number of ketones is 1. The van der Waals surface area contributed by atoms with E-state index < -0.39 is 15.1 Å². The summed E-state index contributed by atoms with van der Waals surface area (Å²) in [7, 11) is -3.39. The van der Waals surface area contributed by atoms with E-state index in [-0.39, 0.29) is 24.0 Å². The third-order valence-electron chi connectivity index (χ3n) is 5.64. The van der Waals surface area contributed by atoms with Gasteiger partial charge in [-0.2, -0.15) is 0 Å². The molecule has 1 amide bonds. The predicted molar refractivity (Wildman–Crippen MR) is 120 cm³/mol. The number of amides is 1. The Kier molecular flexibility index (Phi) is 6.00. The van der Waals surface area contributed by atoms with E-state index in [4.69, 9.17) is 0 Å². The van der Waals surface area contributed by atoms with Gasteiger partial charge in [0.1, 0.15) is 0 Å². The van der Waals surface area contributed by atoms with Crippen LogP contribution in [0.1, 0.15) is 43.5 Å². The SMILES string of the molecule is O=C(c1ccccc1)c1ccccc1C(=O)N1CCC(c2ccccc2)S(=O)(=O)CC1. The molecule has 5 nitrogen and oxygen atoms in total. The van der Waals surface area contributed by atoms with E-state index in [1.165, 1.54) is 0 Å². The molecule has 0 N–H and O–H groups in total. The monoisotopic (exact) mass is 433 g/mol. The molecule has 0 spiro atoms. The highest BCUT2D eigenvalue weighted by atomic mass is 32.2. The highest BCUT2D eigenvalue weighted by Gasteiger charge is 2.33. The lowest BCUT2D eigenvalue weighted by Gasteiger charge is -2.21. The van der Waals surface area contributed by atoms with Crippen molar-refractivity contribution in [3.05, 3.63) is 107 Å². The summed E-state index contributed by atoms with van der Waals surface area (Å²) in [4.78, 5) is 27.9. The highest BCUT2D eigenvalue weighted by molar-refractivity contribution is 7.91. The zero-order chi connectivity index (χ0) is 21.8. The predicted octanol–water partition coefficient (Wildman–Crippen LogP) is 3.92. The van der Waals surface area contributed by atoms with Crippen LogP contribution >= 0.6 is 0 Å². The van der Waals surface area contributed by atoms with Gasteiger partial charge in [-0.1, -0.05) is 78.9 Å². The van der Waals surface area contributed by atoms with Crippen LogP contribution in [0, 0.1) is 0 Å². The van der Waals surface area contributed by atoms with Gasteiger partial charge in [-0.3, -0.25) is 9.59 Å². The third-order valence-corrected chi connectivity index (χ3v) is 7.76.